The number of allylic oxidation sites excluding steroid dienone is 3. The average Bonchev–Trinajstić information content (AvgIpc) is 2.16. The first-order chi connectivity index (χ1) is 7.00. The van der Waals surface area contributed by atoms with Crippen LogP contribution in [0.25, 0.3) is 0 Å². The summed E-state index contributed by atoms with van der Waals surface area (Å²) in [7, 11) is 0. The predicted molar refractivity (Wildman–Crippen MR) is 55.1 cm³/mol. The Labute approximate surface area is 90.1 Å². The largest absolute Gasteiger partial charge is 0.374 e. The topological polar surface area (TPSA) is 46.5 Å². The van der Waals surface area contributed by atoms with Crippen molar-refractivity contribution in [3.8, 4) is 0 Å². The number of rotatable bonds is 7. The second-order valence-electron chi connectivity index (χ2n) is 2.68. The fourth-order valence-corrected chi connectivity index (χ4v) is 0.863. The average molecular weight is 240 g/mol. The molecule has 1 atom stereocenters. The Bertz CT molecular complexity index is 252. The Kier molecular flexibility index (Phi) is 7.37. The van der Waals surface area contributed by atoms with Gasteiger partial charge in [0.15, 0.2) is 0 Å². The van der Waals surface area contributed by atoms with Gasteiger partial charge in [0.1, 0.15) is 6.61 Å². The zero-order chi connectivity index (χ0) is 11.7. The molecule has 1 unspecified atom stereocenters. The SMILES string of the molecule is C/C=C/C=C/CCOCC(F)(F)S(=O)O. The molecule has 1 N–H and O–H groups in total. The van der Waals surface area contributed by atoms with E-state index in [0.717, 1.165) is 0 Å². The first-order valence-corrected chi connectivity index (χ1v) is 5.45. The second kappa shape index (κ2) is 7.67. The lowest BCUT2D eigenvalue weighted by molar-refractivity contribution is -0.0143. The summed E-state index contributed by atoms with van der Waals surface area (Å²) in [6.45, 7) is 0.923. The fourth-order valence-electron chi connectivity index (χ4n) is 0.679. The second-order valence-corrected chi connectivity index (χ2v) is 3.78. The van der Waals surface area contributed by atoms with Crippen LogP contribution in [-0.4, -0.2) is 27.2 Å². The summed E-state index contributed by atoms with van der Waals surface area (Å²) in [6.07, 6.45) is 7.65. The Morgan fingerprint density at radius 2 is 2.13 bits per heavy atom. The molecule has 3 nitrogen and oxygen atoms in total. The highest BCUT2D eigenvalue weighted by Gasteiger charge is 2.36. The summed E-state index contributed by atoms with van der Waals surface area (Å²) < 4.78 is 47.8. The molecule has 0 bridgehead atoms. The van der Waals surface area contributed by atoms with E-state index in [1.807, 2.05) is 13.0 Å². The maximum Gasteiger partial charge on any atom is 0.367 e. The van der Waals surface area contributed by atoms with Gasteiger partial charge in [0.2, 0.25) is 11.1 Å². The highest BCUT2D eigenvalue weighted by Crippen LogP contribution is 2.17. The van der Waals surface area contributed by atoms with Crippen molar-refractivity contribution in [3.05, 3.63) is 24.3 Å². The maximum atomic E-state index is 12.5. The minimum Gasteiger partial charge on any atom is -0.374 e. The van der Waals surface area contributed by atoms with Crippen molar-refractivity contribution in [2.45, 2.75) is 18.6 Å². The van der Waals surface area contributed by atoms with Gasteiger partial charge in [0.05, 0.1) is 6.61 Å². The van der Waals surface area contributed by atoms with Crippen molar-refractivity contribution in [3.63, 3.8) is 0 Å². The van der Waals surface area contributed by atoms with Crippen LogP contribution in [0.4, 0.5) is 8.78 Å². The summed E-state index contributed by atoms with van der Waals surface area (Å²) in [4.78, 5) is 0. The third-order valence-corrected chi connectivity index (χ3v) is 2.02. The third kappa shape index (κ3) is 7.35. The molecule has 0 radical (unpaired) electrons. The van der Waals surface area contributed by atoms with E-state index in [-0.39, 0.29) is 6.61 Å². The Morgan fingerprint density at radius 3 is 2.67 bits per heavy atom. The molecular weight excluding hydrogens is 226 g/mol. The molecule has 0 aromatic heterocycles. The van der Waals surface area contributed by atoms with Gasteiger partial charge in [-0.1, -0.05) is 24.3 Å². The van der Waals surface area contributed by atoms with Gasteiger partial charge < -0.3 is 9.29 Å². The molecule has 0 aliphatic heterocycles. The Morgan fingerprint density at radius 1 is 1.47 bits per heavy atom. The van der Waals surface area contributed by atoms with Crippen molar-refractivity contribution in [2.75, 3.05) is 13.2 Å². The summed E-state index contributed by atoms with van der Waals surface area (Å²) in [5.41, 5.74) is 0. The molecule has 0 spiro atoms. The van der Waals surface area contributed by atoms with Gasteiger partial charge in [-0.3, -0.25) is 0 Å². The first-order valence-electron chi connectivity index (χ1n) is 4.35. The minimum atomic E-state index is -3.69. The van der Waals surface area contributed by atoms with Gasteiger partial charge in [-0.2, -0.15) is 8.78 Å². The van der Waals surface area contributed by atoms with E-state index >= 15 is 0 Å². The lowest BCUT2D eigenvalue weighted by Crippen LogP contribution is -2.29. The number of alkyl halides is 2. The number of halogens is 2. The smallest absolute Gasteiger partial charge is 0.367 e. The van der Waals surface area contributed by atoms with E-state index in [4.69, 9.17) is 4.55 Å². The quantitative estimate of drug-likeness (QED) is 0.422. The van der Waals surface area contributed by atoms with Gasteiger partial charge in [0, 0.05) is 0 Å². The van der Waals surface area contributed by atoms with Crippen molar-refractivity contribution in [1.29, 1.82) is 0 Å². The third-order valence-electron chi connectivity index (χ3n) is 1.39. The van der Waals surface area contributed by atoms with E-state index in [9.17, 15) is 13.0 Å². The van der Waals surface area contributed by atoms with Gasteiger partial charge in [0.25, 0.3) is 0 Å². The van der Waals surface area contributed by atoms with Crippen LogP contribution in [0.3, 0.4) is 0 Å². The molecule has 0 fully saturated rings. The molecule has 0 aromatic rings. The maximum absolute atomic E-state index is 12.5. The van der Waals surface area contributed by atoms with E-state index in [1.54, 1.807) is 18.2 Å². The van der Waals surface area contributed by atoms with E-state index in [0.29, 0.717) is 6.42 Å². The lowest BCUT2D eigenvalue weighted by atomic mass is 10.4. The van der Waals surface area contributed by atoms with Crippen LogP contribution >= 0.6 is 0 Å². The number of ether oxygens (including phenoxy) is 1. The molecule has 0 amide bonds. The zero-order valence-electron chi connectivity index (χ0n) is 8.36. The monoisotopic (exact) mass is 240 g/mol. The molecule has 0 saturated heterocycles. The highest BCUT2D eigenvalue weighted by atomic mass is 32.2. The van der Waals surface area contributed by atoms with Crippen LogP contribution in [-0.2, 0) is 15.8 Å². The lowest BCUT2D eigenvalue weighted by Gasteiger charge is -2.11. The summed E-state index contributed by atoms with van der Waals surface area (Å²) >= 11 is -3.17. The van der Waals surface area contributed by atoms with Crippen molar-refractivity contribution < 1.29 is 22.3 Å². The molecule has 6 heteroatoms. The molecule has 0 rings (SSSR count). The number of hydrogen-bond acceptors (Lipinski definition) is 2. The first kappa shape index (κ1) is 14.4. The standard InChI is InChI=1S/C9H14F2O3S/c1-2-3-4-5-6-7-14-8-9(10,11)15(12)13/h2-5H,6-8H2,1H3,(H,12,13)/b3-2+,5-4+. The van der Waals surface area contributed by atoms with Gasteiger partial charge >= 0.3 is 5.25 Å². The van der Waals surface area contributed by atoms with Crippen LogP contribution in [0.1, 0.15) is 13.3 Å². The molecule has 0 aliphatic rings. The van der Waals surface area contributed by atoms with Crippen molar-refractivity contribution >= 4 is 11.1 Å². The molecule has 0 saturated carbocycles. The van der Waals surface area contributed by atoms with E-state index in [1.165, 1.54) is 0 Å². The predicted octanol–water partition coefficient (Wildman–Crippen LogP) is 2.34. The molecule has 88 valence electrons. The number of hydrogen-bond donors (Lipinski definition) is 1. The van der Waals surface area contributed by atoms with Crippen LogP contribution in [0.15, 0.2) is 24.3 Å². The van der Waals surface area contributed by atoms with Gasteiger partial charge in [-0.15, -0.1) is 0 Å². The van der Waals surface area contributed by atoms with Crippen LogP contribution in [0.5, 0.6) is 0 Å². The van der Waals surface area contributed by atoms with Gasteiger partial charge in [-0.05, 0) is 13.3 Å². The fraction of sp³-hybridized carbons (Fsp3) is 0.556. The Balaban J connectivity index is 3.59. The van der Waals surface area contributed by atoms with Crippen molar-refractivity contribution in [1.82, 2.24) is 0 Å². The summed E-state index contributed by atoms with van der Waals surface area (Å²) in [5, 5.41) is -3.69. The minimum absolute atomic E-state index is 0.0981. The van der Waals surface area contributed by atoms with Crippen LogP contribution in [0, 0.1) is 0 Å². The van der Waals surface area contributed by atoms with Crippen LogP contribution in [0.2, 0.25) is 0 Å². The highest BCUT2D eigenvalue weighted by molar-refractivity contribution is 7.80. The van der Waals surface area contributed by atoms with Crippen molar-refractivity contribution in [2.24, 2.45) is 0 Å². The molecule has 0 heterocycles. The van der Waals surface area contributed by atoms with E-state index < -0.39 is 22.9 Å². The van der Waals surface area contributed by atoms with E-state index in [2.05, 4.69) is 4.74 Å². The molecule has 15 heavy (non-hydrogen) atoms. The summed E-state index contributed by atoms with van der Waals surface area (Å²) in [5.74, 6) is 0. The van der Waals surface area contributed by atoms with Crippen LogP contribution < -0.4 is 0 Å². The zero-order valence-corrected chi connectivity index (χ0v) is 9.18. The molecule has 0 aromatic carbocycles. The van der Waals surface area contributed by atoms with Gasteiger partial charge in [-0.25, -0.2) is 4.21 Å². The summed E-state index contributed by atoms with van der Waals surface area (Å²) in [6, 6.07) is 0. The normalized spacial score (nSPS) is 15.2. The Hall–Kier alpha value is -0.590. The molecule has 0 aliphatic carbocycles. The molecular formula is C9H14F2O3S.